The van der Waals surface area contributed by atoms with Gasteiger partial charge in [-0.3, -0.25) is 24.0 Å². The fourth-order valence-electron chi connectivity index (χ4n) is 9.46. The van der Waals surface area contributed by atoms with Crippen LogP contribution in [0, 0.1) is 23.7 Å². The van der Waals surface area contributed by atoms with Crippen LogP contribution in [0.15, 0.2) is 42.5 Å². The first kappa shape index (κ1) is 55.9. The Labute approximate surface area is 400 Å². The van der Waals surface area contributed by atoms with E-state index in [1.54, 1.807) is 44.2 Å². The summed E-state index contributed by atoms with van der Waals surface area (Å²) in [6.07, 6.45) is 7.28. The van der Waals surface area contributed by atoms with Crippen molar-refractivity contribution in [3.05, 3.63) is 48.0 Å². The standard InChI is InChI=1S/C50H80N6O9S/c1-13-34(6)45(54(9)49(61)43(32(2)3)52-47(60)44(33(4)5)53(8)40(57)25-18-15-19-27-55-28-21-26-41(55)58)39(63-10)31-42(59)56-29-20-24-38(56)46(64-11)35(7)48(66)51-37(50(62)65-12)30-36-22-16-14-17-23-36/h14,16-17,21-23,26,32-35,37-39,43-46H,13,15,18-20,24-25,27-31H2,1-12H3,(H,51,66)(H,52,60). The first-order valence-electron chi connectivity index (χ1n) is 23.9. The topological polar surface area (TPSA) is 167 Å². The van der Waals surface area contributed by atoms with Crippen molar-refractivity contribution in [3.63, 3.8) is 0 Å². The van der Waals surface area contributed by atoms with Crippen LogP contribution in [-0.2, 0) is 49.4 Å². The molecule has 0 bridgehead atoms. The number of benzene rings is 1. The second-order valence-corrected chi connectivity index (χ2v) is 19.2. The molecule has 2 N–H and O–H groups in total. The minimum Gasteiger partial charge on any atom is -0.467 e. The molecule has 1 aromatic rings. The molecule has 5 amide bonds. The molecule has 9 atom stereocenters. The zero-order chi connectivity index (χ0) is 49.2. The summed E-state index contributed by atoms with van der Waals surface area (Å²) in [6.45, 7) is 15.3. The Kier molecular flexibility index (Phi) is 23.2. The first-order chi connectivity index (χ1) is 31.3. The third-order valence-electron chi connectivity index (χ3n) is 13.5. The lowest BCUT2D eigenvalue weighted by atomic mass is 9.89. The minimum absolute atomic E-state index is 0.00323. The fraction of sp³-hybridized carbons (Fsp3) is 0.700. The monoisotopic (exact) mass is 941 g/mol. The highest BCUT2D eigenvalue weighted by atomic mass is 32.1. The lowest BCUT2D eigenvalue weighted by Gasteiger charge is -2.41. The average Bonchev–Trinajstić information content (AvgIpc) is 3.95. The molecule has 1 fully saturated rings. The number of thiocarbonyl (C=S) groups is 1. The molecule has 2 heterocycles. The molecule has 3 rings (SSSR count). The van der Waals surface area contributed by atoms with E-state index in [9.17, 15) is 28.8 Å². The van der Waals surface area contributed by atoms with Crippen LogP contribution in [0.25, 0.3) is 0 Å². The molecule has 0 spiro atoms. The molecule has 0 aromatic heterocycles. The first-order valence-corrected chi connectivity index (χ1v) is 24.3. The van der Waals surface area contributed by atoms with Crippen LogP contribution in [0.1, 0.15) is 105 Å². The summed E-state index contributed by atoms with van der Waals surface area (Å²) < 4.78 is 17.3. The van der Waals surface area contributed by atoms with Crippen LogP contribution in [0.3, 0.4) is 0 Å². The summed E-state index contributed by atoms with van der Waals surface area (Å²) in [7, 11) is 7.85. The van der Waals surface area contributed by atoms with Crippen molar-refractivity contribution < 1.29 is 43.0 Å². The number of carbonyl (C=O) groups excluding carboxylic acids is 6. The Morgan fingerprint density at radius 3 is 2.14 bits per heavy atom. The number of carbonyl (C=O) groups is 6. The predicted octanol–water partition coefficient (Wildman–Crippen LogP) is 5.19. The largest absolute Gasteiger partial charge is 0.467 e. The van der Waals surface area contributed by atoms with Crippen LogP contribution in [0.2, 0.25) is 0 Å². The maximum Gasteiger partial charge on any atom is 0.328 e. The van der Waals surface area contributed by atoms with E-state index in [-0.39, 0.29) is 66.2 Å². The third kappa shape index (κ3) is 15.3. The Bertz CT molecular complexity index is 1800. The van der Waals surface area contributed by atoms with Gasteiger partial charge in [-0.25, -0.2) is 4.79 Å². The van der Waals surface area contributed by atoms with Crippen LogP contribution in [0.4, 0.5) is 0 Å². The van der Waals surface area contributed by atoms with E-state index in [1.165, 1.54) is 12.0 Å². The number of rotatable bonds is 27. The number of amides is 5. The molecule has 0 radical (unpaired) electrons. The molecule has 0 saturated carbocycles. The van der Waals surface area contributed by atoms with Gasteiger partial charge in [-0.05, 0) is 49.0 Å². The van der Waals surface area contributed by atoms with Crippen molar-refractivity contribution >= 4 is 52.7 Å². The number of hydrogen-bond acceptors (Lipinski definition) is 10. The van der Waals surface area contributed by atoms with Gasteiger partial charge in [0.15, 0.2) is 0 Å². The minimum atomic E-state index is -0.911. The van der Waals surface area contributed by atoms with Crippen molar-refractivity contribution in [2.45, 2.75) is 149 Å². The van der Waals surface area contributed by atoms with Crippen LogP contribution in [0.5, 0.6) is 0 Å². The van der Waals surface area contributed by atoms with E-state index in [4.69, 9.17) is 26.4 Å². The number of likely N-dealkylation sites (tertiary alicyclic amines) is 1. The van der Waals surface area contributed by atoms with Gasteiger partial charge in [0.1, 0.15) is 18.1 Å². The van der Waals surface area contributed by atoms with Crippen molar-refractivity contribution in [1.82, 2.24) is 30.2 Å². The Morgan fingerprint density at radius 1 is 0.894 bits per heavy atom. The summed E-state index contributed by atoms with van der Waals surface area (Å²) >= 11 is 5.88. The van der Waals surface area contributed by atoms with Gasteiger partial charge in [-0.15, -0.1) is 0 Å². The highest BCUT2D eigenvalue weighted by Gasteiger charge is 2.43. The van der Waals surface area contributed by atoms with Crippen molar-refractivity contribution in [2.75, 3.05) is 55.1 Å². The van der Waals surface area contributed by atoms with Gasteiger partial charge in [-0.1, -0.05) is 110 Å². The van der Waals surface area contributed by atoms with Gasteiger partial charge in [0.25, 0.3) is 0 Å². The molecule has 2 aliphatic heterocycles. The maximum atomic E-state index is 14.6. The molecular formula is C50H80N6O9S. The van der Waals surface area contributed by atoms with Crippen LogP contribution in [-0.4, -0.2) is 158 Å². The Morgan fingerprint density at radius 2 is 1.58 bits per heavy atom. The summed E-state index contributed by atoms with van der Waals surface area (Å²) in [5.41, 5.74) is 0.952. The van der Waals surface area contributed by atoms with Gasteiger partial charge in [0, 0.05) is 72.8 Å². The molecule has 1 aromatic carbocycles. The Balaban J connectivity index is 1.72. The van der Waals surface area contributed by atoms with Gasteiger partial charge in [0.05, 0.1) is 42.8 Å². The number of nitrogens with zero attached hydrogens (tertiary/aromatic N) is 4. The molecule has 2 aliphatic rings. The third-order valence-corrected chi connectivity index (χ3v) is 14.0. The quantitative estimate of drug-likeness (QED) is 0.0678. The summed E-state index contributed by atoms with van der Waals surface area (Å²) in [4.78, 5) is 88.4. The Hall–Kier alpha value is -4.41. The number of methoxy groups -OCH3 is 3. The molecule has 16 heteroatoms. The van der Waals surface area contributed by atoms with Gasteiger partial charge >= 0.3 is 5.97 Å². The van der Waals surface area contributed by atoms with E-state index < -0.39 is 48.3 Å². The SMILES string of the molecule is CCC(C)C(C(CC(=O)N1CCCC1C(OC)C(C)C(=S)NC(Cc1ccccc1)C(=O)OC)OC)N(C)C(=O)C(NC(=O)C(C(C)C)N(C)C(=O)CCCCCN1CC=CC1=O)C(C)C. The smallest absolute Gasteiger partial charge is 0.328 e. The molecule has 370 valence electrons. The predicted molar refractivity (Wildman–Crippen MR) is 260 cm³/mol. The highest BCUT2D eigenvalue weighted by Crippen LogP contribution is 2.30. The van der Waals surface area contributed by atoms with Crippen molar-refractivity contribution in [2.24, 2.45) is 23.7 Å². The maximum absolute atomic E-state index is 14.6. The number of likely N-dealkylation sites (N-methyl/N-ethyl adjacent to an activating group) is 2. The van der Waals surface area contributed by atoms with E-state index in [0.29, 0.717) is 50.3 Å². The van der Waals surface area contributed by atoms with Gasteiger partial charge in [-0.2, -0.15) is 0 Å². The lowest BCUT2D eigenvalue weighted by Crippen LogP contribution is -2.60. The fourth-order valence-corrected chi connectivity index (χ4v) is 9.73. The summed E-state index contributed by atoms with van der Waals surface area (Å²) in [5, 5.41) is 6.25. The molecular weight excluding hydrogens is 861 g/mol. The molecule has 0 aliphatic carbocycles. The number of hydrogen-bond donors (Lipinski definition) is 2. The molecule has 9 unspecified atom stereocenters. The number of esters is 1. The number of unbranched alkanes of at least 4 members (excludes halogenated alkanes) is 2. The van der Waals surface area contributed by atoms with Crippen LogP contribution >= 0.6 is 12.2 Å². The zero-order valence-electron chi connectivity index (χ0n) is 41.7. The van der Waals surface area contributed by atoms with E-state index in [2.05, 4.69) is 10.6 Å². The molecule has 66 heavy (non-hydrogen) atoms. The van der Waals surface area contributed by atoms with Gasteiger partial charge in [0.2, 0.25) is 29.5 Å². The van der Waals surface area contributed by atoms with Crippen molar-refractivity contribution in [1.29, 1.82) is 0 Å². The zero-order valence-corrected chi connectivity index (χ0v) is 42.6. The van der Waals surface area contributed by atoms with E-state index in [1.807, 2.05) is 89.8 Å². The van der Waals surface area contributed by atoms with E-state index >= 15 is 0 Å². The summed E-state index contributed by atoms with van der Waals surface area (Å²) in [6, 6.07) is 6.37. The second kappa shape index (κ2) is 27.4. The number of nitrogens with one attached hydrogen (secondary N) is 2. The number of ether oxygens (including phenoxy) is 3. The van der Waals surface area contributed by atoms with Gasteiger partial charge < -0.3 is 44.4 Å². The van der Waals surface area contributed by atoms with E-state index in [0.717, 1.165) is 24.8 Å². The van der Waals surface area contributed by atoms with Crippen LogP contribution < -0.4 is 10.6 Å². The summed E-state index contributed by atoms with van der Waals surface area (Å²) in [5.74, 6) is -2.40. The second-order valence-electron chi connectivity index (χ2n) is 18.8. The lowest BCUT2D eigenvalue weighted by molar-refractivity contribution is -0.148. The molecule has 15 nitrogen and oxygen atoms in total. The average molecular weight is 941 g/mol. The highest BCUT2D eigenvalue weighted by molar-refractivity contribution is 7.80. The van der Waals surface area contributed by atoms with Crippen molar-refractivity contribution in [3.8, 4) is 0 Å². The molecule has 1 saturated heterocycles. The normalized spacial score (nSPS) is 18.6.